The third-order valence-electron chi connectivity index (χ3n) is 4.47. The molecular weight excluding hydrogens is 305 g/mol. The fourth-order valence-electron chi connectivity index (χ4n) is 3.53. The van der Waals surface area contributed by atoms with Gasteiger partial charge in [-0.3, -0.25) is 0 Å². The van der Waals surface area contributed by atoms with E-state index in [4.69, 9.17) is 0 Å². The number of hydrogen-bond acceptors (Lipinski definition) is 2. The average Bonchev–Trinajstić information content (AvgIpc) is 2.52. The zero-order chi connectivity index (χ0) is 17.4. The van der Waals surface area contributed by atoms with Gasteiger partial charge in [-0.05, 0) is 55.3 Å². The summed E-state index contributed by atoms with van der Waals surface area (Å²) in [6.07, 6.45) is 3.42. The van der Waals surface area contributed by atoms with Gasteiger partial charge in [0.2, 0.25) is 0 Å². The zero-order valence-electron chi connectivity index (χ0n) is 14.9. The highest BCUT2D eigenvalue weighted by Gasteiger charge is 2.20. The van der Waals surface area contributed by atoms with Crippen molar-refractivity contribution < 1.29 is 9.18 Å². The summed E-state index contributed by atoms with van der Waals surface area (Å²) in [6.45, 7) is 9.18. The molecule has 1 heterocycles. The van der Waals surface area contributed by atoms with Gasteiger partial charge in [0.1, 0.15) is 5.82 Å². The average molecular weight is 335 g/mol. The number of piperidine rings is 1. The number of carbonyl (C=O) groups is 1. The highest BCUT2D eigenvalue weighted by Crippen LogP contribution is 2.20. The molecule has 2 amide bonds. The highest BCUT2D eigenvalue weighted by atomic mass is 19.1. The van der Waals surface area contributed by atoms with Crippen LogP contribution in [0.1, 0.15) is 38.7 Å². The number of carbonyl (C=O) groups excluding carboxylic acids is 1. The summed E-state index contributed by atoms with van der Waals surface area (Å²) in [4.78, 5) is 14.3. The topological polar surface area (TPSA) is 44.4 Å². The fraction of sp³-hybridized carbons (Fsp3) is 0.632. The Labute approximate surface area is 144 Å². The molecule has 0 aromatic heterocycles. The smallest absolute Gasteiger partial charge is 0.315 e. The molecule has 24 heavy (non-hydrogen) atoms. The molecule has 0 unspecified atom stereocenters. The first kappa shape index (κ1) is 18.7. The minimum absolute atomic E-state index is 0.195. The van der Waals surface area contributed by atoms with E-state index >= 15 is 0 Å². The molecule has 0 radical (unpaired) electrons. The monoisotopic (exact) mass is 335 g/mol. The molecule has 2 rings (SSSR count). The summed E-state index contributed by atoms with van der Waals surface area (Å²) in [7, 11) is 0. The number of nitrogens with one attached hydrogen (secondary N) is 2. The van der Waals surface area contributed by atoms with Crippen molar-refractivity contribution in [1.29, 1.82) is 0 Å². The molecule has 1 aromatic rings. The highest BCUT2D eigenvalue weighted by molar-refractivity contribution is 5.73. The molecule has 1 aliphatic heterocycles. The summed E-state index contributed by atoms with van der Waals surface area (Å²) >= 11 is 0. The molecule has 1 saturated heterocycles. The minimum atomic E-state index is -0.281. The van der Waals surface area contributed by atoms with Crippen molar-refractivity contribution in [2.45, 2.75) is 39.7 Å². The Bertz CT molecular complexity index is 513. The number of benzene rings is 1. The summed E-state index contributed by atoms with van der Waals surface area (Å²) in [6, 6.07) is 6.07. The molecule has 5 heteroatoms. The van der Waals surface area contributed by atoms with Crippen LogP contribution in [0.2, 0.25) is 0 Å². The van der Waals surface area contributed by atoms with Crippen LogP contribution >= 0.6 is 0 Å². The Kier molecular flexibility index (Phi) is 7.50. The van der Waals surface area contributed by atoms with E-state index in [2.05, 4.69) is 29.4 Å². The number of amides is 2. The van der Waals surface area contributed by atoms with Crippen LogP contribution in [0.15, 0.2) is 24.3 Å². The molecule has 1 fully saturated rings. The number of likely N-dealkylation sites (tertiary alicyclic amines) is 1. The van der Waals surface area contributed by atoms with Crippen molar-refractivity contribution in [3.63, 3.8) is 0 Å². The molecule has 2 N–H and O–H groups in total. The van der Waals surface area contributed by atoms with Crippen LogP contribution in [0.3, 0.4) is 0 Å². The number of hydrogen-bond donors (Lipinski definition) is 2. The summed E-state index contributed by atoms with van der Waals surface area (Å²) in [5.74, 6) is 1.30. The molecule has 0 bridgehead atoms. The number of unbranched alkanes of at least 4 members (excludes halogenated alkanes) is 1. The van der Waals surface area contributed by atoms with E-state index in [9.17, 15) is 9.18 Å². The minimum Gasteiger partial charge on any atom is -0.338 e. The standard InChI is InChI=1S/C19H30FN3O/c1-15-10-16(2)14-23(13-15)9-4-3-8-21-19(24)22-12-17-6-5-7-18(20)11-17/h5-7,11,15-16H,3-4,8-10,12-14H2,1-2H3,(H2,21,22,24)/t15-,16-/m0/s1. The van der Waals surface area contributed by atoms with Crippen molar-refractivity contribution >= 4 is 6.03 Å². The first-order valence-corrected chi connectivity index (χ1v) is 9.01. The van der Waals surface area contributed by atoms with Crippen LogP contribution in [0.4, 0.5) is 9.18 Å². The van der Waals surface area contributed by atoms with Crippen molar-refractivity contribution in [2.24, 2.45) is 11.8 Å². The molecule has 2 atom stereocenters. The predicted octanol–water partition coefficient (Wildman–Crippen LogP) is 3.38. The first-order valence-electron chi connectivity index (χ1n) is 9.01. The normalized spacial score (nSPS) is 21.5. The SMILES string of the molecule is C[C@H]1C[C@H](C)CN(CCCCNC(=O)NCc2cccc(F)c2)C1. The van der Waals surface area contributed by atoms with Crippen molar-refractivity contribution in [2.75, 3.05) is 26.2 Å². The fourth-order valence-corrected chi connectivity index (χ4v) is 3.53. The summed E-state index contributed by atoms with van der Waals surface area (Å²) in [5.41, 5.74) is 0.762. The zero-order valence-corrected chi connectivity index (χ0v) is 14.9. The lowest BCUT2D eigenvalue weighted by Gasteiger charge is -2.34. The number of nitrogens with zero attached hydrogens (tertiary/aromatic N) is 1. The number of halogens is 1. The van der Waals surface area contributed by atoms with Crippen molar-refractivity contribution in [3.8, 4) is 0 Å². The van der Waals surface area contributed by atoms with Crippen LogP contribution in [0, 0.1) is 17.7 Å². The van der Waals surface area contributed by atoms with Gasteiger partial charge >= 0.3 is 6.03 Å². The van der Waals surface area contributed by atoms with Gasteiger partial charge in [-0.25, -0.2) is 9.18 Å². The van der Waals surface area contributed by atoms with Gasteiger partial charge < -0.3 is 15.5 Å². The summed E-state index contributed by atoms with van der Waals surface area (Å²) in [5, 5.41) is 5.61. The van der Waals surface area contributed by atoms with E-state index in [0.29, 0.717) is 13.1 Å². The molecule has 134 valence electrons. The molecule has 0 spiro atoms. The Hall–Kier alpha value is -1.62. The van der Waals surface area contributed by atoms with E-state index in [0.717, 1.165) is 36.8 Å². The van der Waals surface area contributed by atoms with Gasteiger partial charge in [0.15, 0.2) is 0 Å². The van der Waals surface area contributed by atoms with Crippen LogP contribution in [0.5, 0.6) is 0 Å². The van der Waals surface area contributed by atoms with Crippen molar-refractivity contribution in [1.82, 2.24) is 15.5 Å². The van der Waals surface area contributed by atoms with E-state index in [1.54, 1.807) is 12.1 Å². The predicted molar refractivity (Wildman–Crippen MR) is 95.3 cm³/mol. The van der Waals surface area contributed by atoms with E-state index in [1.807, 2.05) is 0 Å². The Morgan fingerprint density at radius 1 is 1.21 bits per heavy atom. The van der Waals surface area contributed by atoms with Crippen LogP contribution < -0.4 is 10.6 Å². The van der Waals surface area contributed by atoms with E-state index < -0.39 is 0 Å². The van der Waals surface area contributed by atoms with Gasteiger partial charge in [0, 0.05) is 26.2 Å². The molecule has 1 aliphatic rings. The van der Waals surface area contributed by atoms with Gasteiger partial charge in [0.25, 0.3) is 0 Å². The Balaban J connectivity index is 1.53. The maximum Gasteiger partial charge on any atom is 0.315 e. The van der Waals surface area contributed by atoms with Crippen LogP contribution in [-0.2, 0) is 6.54 Å². The third-order valence-corrected chi connectivity index (χ3v) is 4.47. The van der Waals surface area contributed by atoms with Gasteiger partial charge in [-0.15, -0.1) is 0 Å². The van der Waals surface area contributed by atoms with Crippen molar-refractivity contribution in [3.05, 3.63) is 35.6 Å². The molecular formula is C19H30FN3O. The maximum atomic E-state index is 13.0. The maximum absolute atomic E-state index is 13.0. The quantitative estimate of drug-likeness (QED) is 0.750. The molecule has 1 aromatic carbocycles. The second-order valence-corrected chi connectivity index (χ2v) is 7.15. The van der Waals surface area contributed by atoms with Gasteiger partial charge in [-0.2, -0.15) is 0 Å². The van der Waals surface area contributed by atoms with Gasteiger partial charge in [-0.1, -0.05) is 26.0 Å². The lowest BCUT2D eigenvalue weighted by Crippen LogP contribution is -2.39. The second kappa shape index (κ2) is 9.62. The molecule has 0 saturated carbocycles. The van der Waals surface area contributed by atoms with Crippen LogP contribution in [0.25, 0.3) is 0 Å². The number of urea groups is 1. The Morgan fingerprint density at radius 3 is 2.67 bits per heavy atom. The lowest BCUT2D eigenvalue weighted by atomic mass is 9.92. The Morgan fingerprint density at radius 2 is 1.96 bits per heavy atom. The second-order valence-electron chi connectivity index (χ2n) is 7.15. The van der Waals surface area contributed by atoms with Crippen LogP contribution in [-0.4, -0.2) is 37.1 Å². The van der Waals surface area contributed by atoms with E-state index in [1.165, 1.54) is 31.6 Å². The largest absolute Gasteiger partial charge is 0.338 e. The van der Waals surface area contributed by atoms with Gasteiger partial charge in [0.05, 0.1) is 0 Å². The molecule has 4 nitrogen and oxygen atoms in total. The molecule has 0 aliphatic carbocycles. The van der Waals surface area contributed by atoms with E-state index in [-0.39, 0.29) is 11.8 Å². The summed E-state index contributed by atoms with van der Waals surface area (Å²) < 4.78 is 13.0. The first-order chi connectivity index (χ1) is 11.5. The number of rotatable bonds is 7. The lowest BCUT2D eigenvalue weighted by molar-refractivity contribution is 0.139. The third kappa shape index (κ3) is 6.87.